The Morgan fingerprint density at radius 3 is 2.72 bits per heavy atom. The van der Waals surface area contributed by atoms with Crippen molar-refractivity contribution in [3.63, 3.8) is 0 Å². The Kier molecular flexibility index (Phi) is 10.8. The molecule has 1 heterocycles. The number of aliphatic carboxylic acids is 1. The summed E-state index contributed by atoms with van der Waals surface area (Å²) < 4.78 is 35.4. The monoisotopic (exact) mass is 423 g/mol. The van der Waals surface area contributed by atoms with Crippen molar-refractivity contribution in [1.29, 1.82) is 0 Å². The molecule has 2 unspecified atom stereocenters. The van der Waals surface area contributed by atoms with E-state index in [4.69, 9.17) is 9.84 Å². The Morgan fingerprint density at radius 1 is 1.41 bits per heavy atom. The van der Waals surface area contributed by atoms with Crippen LogP contribution in [0.1, 0.15) is 65.7 Å². The Hall–Kier alpha value is -0.430. The van der Waals surface area contributed by atoms with Crippen molar-refractivity contribution in [2.24, 2.45) is 17.8 Å². The number of carboxylic acids is 1. The normalized spacial score (nSPS) is 33.2. The van der Waals surface area contributed by atoms with E-state index in [2.05, 4.69) is 0 Å². The summed E-state index contributed by atoms with van der Waals surface area (Å²) in [6.45, 7) is 5.41. The molecule has 2 aliphatic rings. The number of aliphatic hydroxyl groups is 1. The first kappa shape index (κ1) is 26.6. The van der Waals surface area contributed by atoms with Gasteiger partial charge >= 0.3 is 5.97 Å². The van der Waals surface area contributed by atoms with Gasteiger partial charge in [0.25, 0.3) is 0 Å². The molecule has 7 atom stereocenters. The van der Waals surface area contributed by atoms with Gasteiger partial charge in [0.2, 0.25) is 0 Å². The number of fused-ring (bicyclic) bond motifs is 1. The molecule has 1 aliphatic heterocycles. The van der Waals surface area contributed by atoms with Crippen LogP contribution >= 0.6 is 0 Å². The minimum atomic E-state index is -1.69. The molecular formula is C22H34F2NaO4. The Balaban J connectivity index is 0.00000420. The summed E-state index contributed by atoms with van der Waals surface area (Å²) >= 11 is 0. The van der Waals surface area contributed by atoms with Crippen LogP contribution in [-0.2, 0) is 9.53 Å². The molecule has 0 spiro atoms. The number of ether oxygens (including phenoxy) is 1. The summed E-state index contributed by atoms with van der Waals surface area (Å²) in [5, 5.41) is 18.9. The summed E-state index contributed by atoms with van der Waals surface area (Å²) in [7, 11) is 0. The SMILES string of the molecule is CCCCC(C)(F)[C@H](O)C=C[C@@H]1[C@H]2C(F)C(=CCCCC(=O)O)O[C@H]2C[C@H]1C.[Na]. The van der Waals surface area contributed by atoms with E-state index < -0.39 is 23.9 Å². The van der Waals surface area contributed by atoms with Crippen molar-refractivity contribution in [3.8, 4) is 0 Å². The van der Waals surface area contributed by atoms with Crippen molar-refractivity contribution in [3.05, 3.63) is 24.0 Å². The fourth-order valence-electron chi connectivity index (χ4n) is 4.33. The molecule has 0 amide bonds. The van der Waals surface area contributed by atoms with Crippen LogP contribution in [0.2, 0.25) is 0 Å². The maximum Gasteiger partial charge on any atom is 0.303 e. The van der Waals surface area contributed by atoms with Crippen molar-refractivity contribution in [2.75, 3.05) is 0 Å². The molecule has 1 aliphatic carbocycles. The molecule has 0 aromatic heterocycles. The zero-order chi connectivity index (χ0) is 20.9. The largest absolute Gasteiger partial charge is 0.492 e. The quantitative estimate of drug-likeness (QED) is 0.306. The van der Waals surface area contributed by atoms with Gasteiger partial charge in [-0.1, -0.05) is 38.8 Å². The van der Waals surface area contributed by atoms with Gasteiger partial charge in [0.15, 0.2) is 6.17 Å². The van der Waals surface area contributed by atoms with Gasteiger partial charge in [0.05, 0.1) is 0 Å². The standard InChI is InChI=1S/C22H34F2O4.Na/c1-4-5-12-22(3,24)18(25)11-10-15-14(2)13-17-20(15)21(23)16(28-17)8-6-7-9-19(26)27;/h8,10-11,14-15,17-18,20-21,25H,4-7,9,12-13H2,1-3H3,(H,26,27);/t14-,15+,17+,18-,20-,21?,22?;/m1./s1. The molecule has 2 fully saturated rings. The zero-order valence-corrected chi connectivity index (χ0v) is 20.1. The Labute approximate surface area is 195 Å². The number of hydrogen-bond donors (Lipinski definition) is 2. The molecule has 0 bridgehead atoms. The van der Waals surface area contributed by atoms with Crippen molar-refractivity contribution >= 4 is 35.5 Å². The average Bonchev–Trinajstić information content (AvgIpc) is 3.09. The van der Waals surface area contributed by atoms with E-state index in [1.807, 2.05) is 13.8 Å². The van der Waals surface area contributed by atoms with E-state index in [1.54, 1.807) is 12.2 Å². The van der Waals surface area contributed by atoms with Gasteiger partial charge < -0.3 is 14.9 Å². The predicted octanol–water partition coefficient (Wildman–Crippen LogP) is 4.59. The van der Waals surface area contributed by atoms with E-state index >= 15 is 0 Å². The molecular weight excluding hydrogens is 389 g/mol. The van der Waals surface area contributed by atoms with Crippen LogP contribution in [0, 0.1) is 17.8 Å². The third-order valence-corrected chi connectivity index (χ3v) is 6.12. The second-order valence-corrected chi connectivity index (χ2v) is 8.53. The fourth-order valence-corrected chi connectivity index (χ4v) is 4.33. The summed E-state index contributed by atoms with van der Waals surface area (Å²) in [6, 6.07) is 0. The number of carbonyl (C=O) groups is 1. The number of halogens is 2. The van der Waals surface area contributed by atoms with Crippen LogP contribution in [0.3, 0.4) is 0 Å². The first-order valence-electron chi connectivity index (χ1n) is 10.4. The summed E-state index contributed by atoms with van der Waals surface area (Å²) in [6.07, 6.45) is 5.78. The molecule has 1 saturated heterocycles. The number of aliphatic hydroxyl groups excluding tert-OH is 1. The minimum absolute atomic E-state index is 0. The number of allylic oxidation sites excluding steroid dienone is 3. The maximum atomic E-state index is 15.0. The van der Waals surface area contributed by atoms with Crippen molar-refractivity contribution in [2.45, 2.75) is 89.8 Å². The van der Waals surface area contributed by atoms with E-state index in [0.717, 1.165) is 6.42 Å². The summed E-state index contributed by atoms with van der Waals surface area (Å²) in [5.41, 5.74) is -1.69. The number of unbranched alkanes of at least 4 members (excludes halogenated alkanes) is 2. The first-order valence-corrected chi connectivity index (χ1v) is 10.4. The Morgan fingerprint density at radius 2 is 2.10 bits per heavy atom. The van der Waals surface area contributed by atoms with Gasteiger partial charge in [-0.25, -0.2) is 8.78 Å². The second kappa shape index (κ2) is 11.8. The van der Waals surface area contributed by atoms with Gasteiger partial charge in [0.1, 0.15) is 23.6 Å². The Bertz CT molecular complexity index is 593. The number of alkyl halides is 2. The molecule has 1 radical (unpaired) electrons. The summed E-state index contributed by atoms with van der Waals surface area (Å²) in [4.78, 5) is 10.6. The van der Waals surface area contributed by atoms with Crippen molar-refractivity contribution in [1.82, 2.24) is 0 Å². The number of carboxylic acid groups (broad SMARTS) is 1. The molecule has 29 heavy (non-hydrogen) atoms. The molecule has 2 rings (SSSR count). The summed E-state index contributed by atoms with van der Waals surface area (Å²) in [5.74, 6) is -0.848. The zero-order valence-electron chi connectivity index (χ0n) is 18.1. The van der Waals surface area contributed by atoms with Crippen LogP contribution in [0.25, 0.3) is 0 Å². The number of hydrogen-bond acceptors (Lipinski definition) is 3. The molecule has 0 aromatic carbocycles. The van der Waals surface area contributed by atoms with Gasteiger partial charge in [0, 0.05) is 41.9 Å². The smallest absolute Gasteiger partial charge is 0.303 e. The molecule has 0 aromatic rings. The molecule has 1 saturated carbocycles. The maximum absolute atomic E-state index is 15.0. The topological polar surface area (TPSA) is 66.8 Å². The predicted molar refractivity (Wildman–Crippen MR) is 110 cm³/mol. The van der Waals surface area contributed by atoms with Gasteiger partial charge in [-0.05, 0) is 50.5 Å². The van der Waals surface area contributed by atoms with Crippen LogP contribution in [0.5, 0.6) is 0 Å². The third kappa shape index (κ3) is 7.05. The van der Waals surface area contributed by atoms with E-state index in [1.165, 1.54) is 13.0 Å². The molecule has 2 N–H and O–H groups in total. The first-order chi connectivity index (χ1) is 13.2. The van der Waals surface area contributed by atoms with Crippen LogP contribution in [-0.4, -0.2) is 69.8 Å². The molecule has 4 nitrogen and oxygen atoms in total. The van der Waals surface area contributed by atoms with E-state index in [9.17, 15) is 18.7 Å². The minimum Gasteiger partial charge on any atom is -0.492 e. The van der Waals surface area contributed by atoms with Crippen molar-refractivity contribution < 1.29 is 28.5 Å². The number of rotatable bonds is 10. The van der Waals surface area contributed by atoms with Gasteiger partial charge in [-0.3, -0.25) is 4.79 Å². The average molecular weight is 423 g/mol. The van der Waals surface area contributed by atoms with E-state index in [-0.39, 0.29) is 59.8 Å². The van der Waals surface area contributed by atoms with E-state index in [0.29, 0.717) is 37.9 Å². The van der Waals surface area contributed by atoms with Crippen LogP contribution in [0.15, 0.2) is 24.0 Å². The fraction of sp³-hybridized carbons (Fsp3) is 0.773. The third-order valence-electron chi connectivity index (χ3n) is 6.12. The molecule has 7 heteroatoms. The van der Waals surface area contributed by atoms with Gasteiger partial charge in [-0.2, -0.15) is 0 Å². The van der Waals surface area contributed by atoms with Gasteiger partial charge in [-0.15, -0.1) is 0 Å². The van der Waals surface area contributed by atoms with Crippen LogP contribution in [0.4, 0.5) is 8.78 Å². The second-order valence-electron chi connectivity index (χ2n) is 8.53. The molecule has 161 valence electrons. The van der Waals surface area contributed by atoms with Crippen LogP contribution < -0.4 is 0 Å².